The van der Waals surface area contributed by atoms with Gasteiger partial charge in [-0.1, -0.05) is 42.1 Å². The Morgan fingerprint density at radius 1 is 1.21 bits per heavy atom. The lowest BCUT2D eigenvalue weighted by molar-refractivity contribution is -0.384. The zero-order valence-corrected chi connectivity index (χ0v) is 22.7. The number of carbonyl (C=O) groups excluding carboxylic acids is 1. The number of H-pyrrole nitrogens is 1. The predicted molar refractivity (Wildman–Crippen MR) is 153 cm³/mol. The fraction of sp³-hybridized carbons (Fsp3) is 0.214. The summed E-state index contributed by atoms with van der Waals surface area (Å²) in [6.45, 7) is 2.13. The van der Waals surface area contributed by atoms with E-state index in [2.05, 4.69) is 15.3 Å². The third kappa shape index (κ3) is 6.32. The quantitative estimate of drug-likeness (QED) is 0.122. The number of rotatable bonds is 8. The molecule has 11 heteroatoms. The van der Waals surface area contributed by atoms with Gasteiger partial charge in [-0.3, -0.25) is 19.7 Å². The molecule has 5 rings (SSSR count). The second-order valence-corrected chi connectivity index (χ2v) is 11.2. The van der Waals surface area contributed by atoms with Crippen molar-refractivity contribution in [3.8, 4) is 0 Å². The largest absolute Gasteiger partial charge is 0.348 e. The van der Waals surface area contributed by atoms with Crippen molar-refractivity contribution < 1.29 is 9.72 Å². The number of hydrogen-bond donors (Lipinski definition) is 2. The number of hydrogen-bond acceptors (Lipinski definition) is 8. The van der Waals surface area contributed by atoms with Crippen LogP contribution in [0.5, 0.6) is 0 Å². The van der Waals surface area contributed by atoms with E-state index < -0.39 is 4.92 Å². The van der Waals surface area contributed by atoms with E-state index in [1.165, 1.54) is 41.3 Å². The van der Waals surface area contributed by atoms with Crippen LogP contribution in [-0.2, 0) is 19.4 Å². The maximum absolute atomic E-state index is 13.4. The summed E-state index contributed by atoms with van der Waals surface area (Å²) in [5.74, 6) is -0.180. The second-order valence-electron chi connectivity index (χ2n) is 9.09. The Morgan fingerprint density at radius 3 is 2.77 bits per heavy atom. The molecule has 0 bridgehead atoms. The van der Waals surface area contributed by atoms with Crippen molar-refractivity contribution in [2.45, 2.75) is 49.2 Å². The number of amides is 1. The molecule has 0 radical (unpaired) electrons. The zero-order chi connectivity index (χ0) is 27.4. The van der Waals surface area contributed by atoms with Crippen molar-refractivity contribution in [3.63, 3.8) is 0 Å². The first-order valence-electron chi connectivity index (χ1n) is 12.4. The smallest absolute Gasteiger partial charge is 0.270 e. The van der Waals surface area contributed by atoms with E-state index in [1.54, 1.807) is 19.2 Å². The van der Waals surface area contributed by atoms with Gasteiger partial charge >= 0.3 is 0 Å². The standard InChI is InChI=1S/C28H25N5O4S2/c1-17-13-24(34)32-28(31-17)39-22-12-11-20(33(36)37)14-19(22)16-30-27-25(21-9-5-6-10-23(21)38-27)26(35)29-15-18-7-3-2-4-8-18/h2-4,7-8,11-14,16H,5-6,9-10,15H2,1H3,(H,29,35)(H,31,32,34). The molecular formula is C28H25N5O4S2. The number of aromatic nitrogens is 2. The van der Waals surface area contributed by atoms with Crippen LogP contribution >= 0.6 is 23.1 Å². The SMILES string of the molecule is Cc1cc(=O)[nH]c(Sc2ccc([N+](=O)[O-])cc2C=Nc2sc3c(c2C(=O)NCc2ccccc2)CCCC3)n1. The summed E-state index contributed by atoms with van der Waals surface area (Å²) >= 11 is 2.68. The molecule has 2 N–H and O–H groups in total. The van der Waals surface area contributed by atoms with Crippen LogP contribution in [0.3, 0.4) is 0 Å². The summed E-state index contributed by atoms with van der Waals surface area (Å²) in [5.41, 5.74) is 3.30. The van der Waals surface area contributed by atoms with E-state index in [0.29, 0.717) is 38.4 Å². The molecule has 9 nitrogen and oxygen atoms in total. The highest BCUT2D eigenvalue weighted by Crippen LogP contribution is 2.40. The van der Waals surface area contributed by atoms with Gasteiger partial charge in [-0.05, 0) is 49.8 Å². The molecule has 0 saturated carbocycles. The number of nitro groups is 1. The number of nitrogens with one attached hydrogen (secondary N) is 2. The number of nitro benzene ring substituents is 1. The van der Waals surface area contributed by atoms with E-state index in [9.17, 15) is 19.7 Å². The van der Waals surface area contributed by atoms with Crippen LogP contribution in [0.2, 0.25) is 0 Å². The molecule has 198 valence electrons. The first-order chi connectivity index (χ1) is 18.9. The third-order valence-corrected chi connectivity index (χ3v) is 8.43. The minimum Gasteiger partial charge on any atom is -0.348 e. The molecule has 0 spiro atoms. The molecule has 2 aromatic heterocycles. The molecule has 0 saturated heterocycles. The van der Waals surface area contributed by atoms with Crippen LogP contribution in [0.15, 0.2) is 74.4 Å². The maximum Gasteiger partial charge on any atom is 0.270 e. The van der Waals surface area contributed by atoms with Gasteiger partial charge < -0.3 is 10.3 Å². The van der Waals surface area contributed by atoms with E-state index in [4.69, 9.17) is 4.99 Å². The molecule has 0 atom stereocenters. The Bertz CT molecular complexity index is 1630. The summed E-state index contributed by atoms with van der Waals surface area (Å²) in [4.78, 5) is 49.9. The topological polar surface area (TPSA) is 130 Å². The van der Waals surface area contributed by atoms with Crippen molar-refractivity contribution in [1.82, 2.24) is 15.3 Å². The molecule has 2 aromatic carbocycles. The number of thiophene rings is 1. The summed E-state index contributed by atoms with van der Waals surface area (Å²) in [6, 6.07) is 15.5. The minimum atomic E-state index is -0.467. The highest BCUT2D eigenvalue weighted by Gasteiger charge is 2.25. The lowest BCUT2D eigenvalue weighted by Gasteiger charge is -2.13. The number of aryl methyl sites for hydroxylation is 2. The van der Waals surface area contributed by atoms with Crippen molar-refractivity contribution in [1.29, 1.82) is 0 Å². The number of aromatic amines is 1. The monoisotopic (exact) mass is 559 g/mol. The molecular weight excluding hydrogens is 534 g/mol. The minimum absolute atomic E-state index is 0.0854. The summed E-state index contributed by atoms with van der Waals surface area (Å²) < 4.78 is 0. The van der Waals surface area contributed by atoms with Crippen molar-refractivity contribution in [3.05, 3.63) is 108 Å². The number of non-ortho nitro benzene ring substituents is 1. The van der Waals surface area contributed by atoms with Crippen molar-refractivity contribution in [2.24, 2.45) is 4.99 Å². The third-order valence-electron chi connectivity index (χ3n) is 6.26. The Morgan fingerprint density at radius 2 is 2.00 bits per heavy atom. The zero-order valence-electron chi connectivity index (χ0n) is 21.1. The van der Waals surface area contributed by atoms with Crippen LogP contribution in [0.1, 0.15) is 50.5 Å². The van der Waals surface area contributed by atoms with E-state index in [0.717, 1.165) is 41.7 Å². The average Bonchev–Trinajstić information content (AvgIpc) is 3.29. The average molecular weight is 560 g/mol. The highest BCUT2D eigenvalue weighted by atomic mass is 32.2. The molecule has 2 heterocycles. The fourth-order valence-electron chi connectivity index (χ4n) is 4.42. The first-order valence-corrected chi connectivity index (χ1v) is 14.1. The normalized spacial score (nSPS) is 12.8. The Labute approximate surface area is 232 Å². The molecule has 1 aliphatic carbocycles. The lowest BCUT2D eigenvalue weighted by Crippen LogP contribution is -2.24. The fourth-order valence-corrected chi connectivity index (χ4v) is 6.56. The van der Waals surface area contributed by atoms with Crippen molar-refractivity contribution in [2.75, 3.05) is 0 Å². The molecule has 0 aliphatic heterocycles. The van der Waals surface area contributed by atoms with Crippen LogP contribution in [0, 0.1) is 17.0 Å². The number of carbonyl (C=O) groups is 1. The van der Waals surface area contributed by atoms with Gasteiger partial charge in [0.15, 0.2) is 5.16 Å². The predicted octanol–water partition coefficient (Wildman–Crippen LogP) is 5.76. The number of fused-ring (bicyclic) bond motifs is 1. The number of benzene rings is 2. The van der Waals surface area contributed by atoms with E-state index in [1.807, 2.05) is 30.3 Å². The number of aliphatic imine (C=N–C) groups is 1. The summed E-state index contributed by atoms with van der Waals surface area (Å²) in [7, 11) is 0. The molecule has 1 amide bonds. The van der Waals surface area contributed by atoms with Crippen molar-refractivity contribution >= 4 is 45.9 Å². The molecule has 4 aromatic rings. The van der Waals surface area contributed by atoms with Crippen LogP contribution in [-0.4, -0.2) is 27.0 Å². The van der Waals surface area contributed by atoms with Gasteiger partial charge in [0.25, 0.3) is 17.2 Å². The van der Waals surface area contributed by atoms with Gasteiger partial charge in [0.1, 0.15) is 5.00 Å². The molecule has 0 fully saturated rings. The Hall–Kier alpha value is -4.09. The van der Waals surface area contributed by atoms with Gasteiger partial charge in [-0.2, -0.15) is 0 Å². The van der Waals surface area contributed by atoms with Crippen LogP contribution in [0.25, 0.3) is 0 Å². The van der Waals surface area contributed by atoms with Gasteiger partial charge in [0.05, 0.1) is 10.5 Å². The Kier molecular flexibility index (Phi) is 7.99. The van der Waals surface area contributed by atoms with Crippen LogP contribution in [0.4, 0.5) is 10.7 Å². The molecule has 0 unspecified atom stereocenters. The highest BCUT2D eigenvalue weighted by molar-refractivity contribution is 7.99. The maximum atomic E-state index is 13.4. The summed E-state index contributed by atoms with van der Waals surface area (Å²) in [5, 5.41) is 15.5. The Balaban J connectivity index is 1.49. The van der Waals surface area contributed by atoms with E-state index >= 15 is 0 Å². The van der Waals surface area contributed by atoms with E-state index in [-0.39, 0.29) is 17.2 Å². The van der Waals surface area contributed by atoms with Crippen LogP contribution < -0.4 is 10.9 Å². The molecule has 39 heavy (non-hydrogen) atoms. The second kappa shape index (κ2) is 11.7. The van der Waals surface area contributed by atoms with Gasteiger partial charge in [0.2, 0.25) is 0 Å². The van der Waals surface area contributed by atoms with Gasteiger partial charge in [-0.25, -0.2) is 9.98 Å². The van der Waals surface area contributed by atoms with Gasteiger partial charge in [0, 0.05) is 52.0 Å². The first kappa shape index (κ1) is 26.5. The van der Waals surface area contributed by atoms with Gasteiger partial charge in [-0.15, -0.1) is 11.3 Å². The summed E-state index contributed by atoms with van der Waals surface area (Å²) in [6.07, 6.45) is 5.35. The molecule has 1 aliphatic rings. The lowest BCUT2D eigenvalue weighted by atomic mass is 9.95. The number of nitrogens with zero attached hydrogens (tertiary/aromatic N) is 3.